The van der Waals surface area contributed by atoms with Gasteiger partial charge in [0.25, 0.3) is 11.8 Å². The molecular formula is C27H26N2O4. The van der Waals surface area contributed by atoms with Crippen LogP contribution in [0, 0.1) is 6.92 Å². The maximum atomic E-state index is 13.0. The lowest BCUT2D eigenvalue weighted by Gasteiger charge is -2.28. The van der Waals surface area contributed by atoms with Crippen LogP contribution in [0.3, 0.4) is 0 Å². The van der Waals surface area contributed by atoms with Crippen LogP contribution in [0.5, 0.6) is 0 Å². The van der Waals surface area contributed by atoms with E-state index in [-0.39, 0.29) is 17.9 Å². The van der Waals surface area contributed by atoms with E-state index in [9.17, 15) is 19.5 Å². The van der Waals surface area contributed by atoms with Gasteiger partial charge in [0.1, 0.15) is 6.04 Å². The molecule has 2 amide bonds. The Kier molecular flexibility index (Phi) is 6.01. The maximum Gasteiger partial charge on any atom is 0.326 e. The summed E-state index contributed by atoms with van der Waals surface area (Å²) in [7, 11) is 0. The number of nitrogens with one attached hydrogen (secondary N) is 1. The summed E-state index contributed by atoms with van der Waals surface area (Å²) in [6.07, 6.45) is 0.349. The highest BCUT2D eigenvalue weighted by molar-refractivity contribution is 6.04. The number of hydrogen-bond acceptors (Lipinski definition) is 3. The molecule has 0 radical (unpaired) electrons. The van der Waals surface area contributed by atoms with Crippen LogP contribution in [-0.2, 0) is 4.79 Å². The second-order valence-electron chi connectivity index (χ2n) is 8.35. The molecule has 0 saturated carbocycles. The second-order valence-corrected chi connectivity index (χ2v) is 8.35. The summed E-state index contributed by atoms with van der Waals surface area (Å²) in [6, 6.07) is 19.3. The number of benzene rings is 3. The minimum Gasteiger partial charge on any atom is -0.480 e. The monoisotopic (exact) mass is 442 g/mol. The van der Waals surface area contributed by atoms with Crippen molar-refractivity contribution in [2.75, 3.05) is 5.32 Å². The molecule has 1 aliphatic rings. The number of aryl methyl sites for hydroxylation is 1. The van der Waals surface area contributed by atoms with E-state index >= 15 is 0 Å². The third kappa shape index (κ3) is 4.24. The van der Waals surface area contributed by atoms with Crippen molar-refractivity contribution in [2.24, 2.45) is 0 Å². The van der Waals surface area contributed by atoms with Gasteiger partial charge in [-0.25, -0.2) is 4.79 Å². The van der Waals surface area contributed by atoms with Crippen LogP contribution in [0.4, 0.5) is 5.69 Å². The second kappa shape index (κ2) is 8.90. The number of rotatable bonds is 6. The van der Waals surface area contributed by atoms with Crippen molar-refractivity contribution in [3.63, 3.8) is 0 Å². The number of carboxylic acids is 1. The third-order valence-corrected chi connectivity index (χ3v) is 6.18. The molecule has 3 aromatic carbocycles. The van der Waals surface area contributed by atoms with Crippen LogP contribution < -0.4 is 5.32 Å². The zero-order valence-electron chi connectivity index (χ0n) is 18.8. The van der Waals surface area contributed by atoms with E-state index in [1.54, 1.807) is 19.1 Å². The molecule has 1 aliphatic heterocycles. The first-order chi connectivity index (χ1) is 15.8. The van der Waals surface area contributed by atoms with E-state index < -0.39 is 12.0 Å². The summed E-state index contributed by atoms with van der Waals surface area (Å²) >= 11 is 0. The number of aliphatic carboxylic acids is 1. The lowest BCUT2D eigenvalue weighted by atomic mass is 9.98. The molecule has 0 aromatic heterocycles. The molecule has 0 spiro atoms. The highest BCUT2D eigenvalue weighted by Gasteiger charge is 2.40. The van der Waals surface area contributed by atoms with E-state index in [0.29, 0.717) is 23.2 Å². The SMILES string of the molecule is CCC(C(=O)O)N1C(=O)c2cc(-c3ccc(NC(=O)c4ccc(C)cc4)cc3)ccc2C1C. The molecule has 0 fully saturated rings. The van der Waals surface area contributed by atoms with E-state index in [1.807, 2.05) is 68.4 Å². The summed E-state index contributed by atoms with van der Waals surface area (Å²) in [5, 5.41) is 12.4. The van der Waals surface area contributed by atoms with Crippen molar-refractivity contribution in [1.82, 2.24) is 4.90 Å². The molecule has 0 saturated heterocycles. The van der Waals surface area contributed by atoms with Gasteiger partial charge in [-0.2, -0.15) is 0 Å². The fourth-order valence-corrected chi connectivity index (χ4v) is 4.31. The molecule has 0 bridgehead atoms. The van der Waals surface area contributed by atoms with E-state index in [0.717, 1.165) is 22.3 Å². The van der Waals surface area contributed by atoms with Crippen LogP contribution >= 0.6 is 0 Å². The van der Waals surface area contributed by atoms with E-state index in [4.69, 9.17) is 0 Å². The Balaban J connectivity index is 1.54. The molecular weight excluding hydrogens is 416 g/mol. The van der Waals surface area contributed by atoms with Gasteiger partial charge in [0, 0.05) is 16.8 Å². The first kappa shape index (κ1) is 22.3. The first-order valence-corrected chi connectivity index (χ1v) is 11.0. The van der Waals surface area contributed by atoms with Crippen molar-refractivity contribution in [1.29, 1.82) is 0 Å². The first-order valence-electron chi connectivity index (χ1n) is 11.0. The summed E-state index contributed by atoms with van der Waals surface area (Å²) in [4.78, 5) is 38.6. The topological polar surface area (TPSA) is 86.7 Å². The van der Waals surface area contributed by atoms with Crippen LogP contribution in [0.2, 0.25) is 0 Å². The van der Waals surface area contributed by atoms with Crippen LogP contribution in [0.1, 0.15) is 58.2 Å². The van der Waals surface area contributed by atoms with Gasteiger partial charge in [0.05, 0.1) is 6.04 Å². The molecule has 1 heterocycles. The molecule has 168 valence electrons. The van der Waals surface area contributed by atoms with Gasteiger partial charge < -0.3 is 15.3 Å². The molecule has 6 heteroatoms. The van der Waals surface area contributed by atoms with Crippen molar-refractivity contribution in [2.45, 2.75) is 39.3 Å². The maximum absolute atomic E-state index is 13.0. The summed E-state index contributed by atoms with van der Waals surface area (Å²) in [5.41, 5.74) is 5.49. The average Bonchev–Trinajstić information content (AvgIpc) is 3.05. The largest absolute Gasteiger partial charge is 0.480 e. The van der Waals surface area contributed by atoms with E-state index in [1.165, 1.54) is 4.90 Å². The highest BCUT2D eigenvalue weighted by Crippen LogP contribution is 2.38. The number of amides is 2. The zero-order valence-corrected chi connectivity index (χ0v) is 18.8. The normalized spacial score (nSPS) is 15.8. The predicted octanol–water partition coefficient (Wildman–Crippen LogP) is 5.29. The van der Waals surface area contributed by atoms with Crippen LogP contribution in [-0.4, -0.2) is 33.8 Å². The highest BCUT2D eigenvalue weighted by atomic mass is 16.4. The number of anilines is 1. The van der Waals surface area contributed by atoms with Gasteiger partial charge in [-0.3, -0.25) is 9.59 Å². The van der Waals surface area contributed by atoms with Crippen LogP contribution in [0.25, 0.3) is 11.1 Å². The summed E-state index contributed by atoms with van der Waals surface area (Å²) in [6.45, 7) is 5.60. The predicted molar refractivity (Wildman–Crippen MR) is 127 cm³/mol. The Bertz CT molecular complexity index is 1220. The number of carbonyl (C=O) groups excluding carboxylic acids is 2. The van der Waals surface area contributed by atoms with Gasteiger partial charge in [0.2, 0.25) is 0 Å². The number of carbonyl (C=O) groups is 3. The molecule has 2 N–H and O–H groups in total. The van der Waals surface area contributed by atoms with Gasteiger partial charge in [-0.15, -0.1) is 0 Å². The summed E-state index contributed by atoms with van der Waals surface area (Å²) in [5.74, 6) is -1.42. The number of nitrogens with zero attached hydrogens (tertiary/aromatic N) is 1. The van der Waals surface area contributed by atoms with Crippen molar-refractivity contribution in [3.05, 3.63) is 89.0 Å². The lowest BCUT2D eigenvalue weighted by Crippen LogP contribution is -2.42. The zero-order chi connectivity index (χ0) is 23.7. The van der Waals surface area contributed by atoms with Gasteiger partial charge in [-0.1, -0.05) is 48.9 Å². The Labute approximate surface area is 192 Å². The lowest BCUT2D eigenvalue weighted by molar-refractivity contribution is -0.143. The van der Waals surface area contributed by atoms with Gasteiger partial charge in [0.15, 0.2) is 0 Å². The third-order valence-electron chi connectivity index (χ3n) is 6.18. The Morgan fingerprint density at radius 1 is 1.00 bits per heavy atom. The molecule has 3 aromatic rings. The van der Waals surface area contributed by atoms with Gasteiger partial charge in [-0.05, 0) is 67.3 Å². The minimum absolute atomic E-state index is 0.177. The molecule has 6 nitrogen and oxygen atoms in total. The molecule has 2 unspecified atom stereocenters. The number of hydrogen-bond donors (Lipinski definition) is 2. The van der Waals surface area contributed by atoms with Crippen LogP contribution in [0.15, 0.2) is 66.7 Å². The van der Waals surface area contributed by atoms with E-state index in [2.05, 4.69) is 5.32 Å². The average molecular weight is 443 g/mol. The quantitative estimate of drug-likeness (QED) is 0.543. The number of fused-ring (bicyclic) bond motifs is 1. The number of carboxylic acid groups (broad SMARTS) is 1. The molecule has 2 atom stereocenters. The Hall–Kier alpha value is -3.93. The van der Waals surface area contributed by atoms with Gasteiger partial charge >= 0.3 is 5.97 Å². The molecule has 4 rings (SSSR count). The Morgan fingerprint density at radius 2 is 1.64 bits per heavy atom. The van der Waals surface area contributed by atoms with Crippen molar-refractivity contribution < 1.29 is 19.5 Å². The standard InChI is InChI=1S/C27H26N2O4/c1-4-24(27(32)33)29-17(3)22-14-11-20(15-23(22)26(29)31)18-9-12-21(13-10-18)28-25(30)19-7-5-16(2)6-8-19/h5-15,17,24H,4H2,1-3H3,(H,28,30)(H,32,33). The summed E-state index contributed by atoms with van der Waals surface area (Å²) < 4.78 is 0. The Morgan fingerprint density at radius 3 is 2.24 bits per heavy atom. The minimum atomic E-state index is -0.992. The smallest absolute Gasteiger partial charge is 0.326 e. The molecule has 0 aliphatic carbocycles. The molecule has 33 heavy (non-hydrogen) atoms. The fraction of sp³-hybridized carbons (Fsp3) is 0.222. The van der Waals surface area contributed by atoms with Crippen molar-refractivity contribution in [3.8, 4) is 11.1 Å². The van der Waals surface area contributed by atoms with Crippen molar-refractivity contribution >= 4 is 23.5 Å². The fourth-order valence-electron chi connectivity index (χ4n) is 4.31.